The van der Waals surface area contributed by atoms with E-state index in [1.54, 1.807) is 32.4 Å². The normalized spacial score (nSPS) is 11.6. The first-order chi connectivity index (χ1) is 13.9. The van der Waals surface area contributed by atoms with Gasteiger partial charge in [-0.05, 0) is 53.8 Å². The number of hydrogen-bond acceptors (Lipinski definition) is 6. The van der Waals surface area contributed by atoms with Crippen LogP contribution in [0.3, 0.4) is 0 Å². The van der Waals surface area contributed by atoms with Gasteiger partial charge in [0, 0.05) is 12.0 Å². The minimum absolute atomic E-state index is 0.0204. The average Bonchev–Trinajstić information content (AvgIpc) is 2.73. The molecule has 0 bridgehead atoms. The summed E-state index contributed by atoms with van der Waals surface area (Å²) in [4.78, 5) is 11.8. The number of ether oxygens (including phenoxy) is 3. The molecule has 3 N–H and O–H groups in total. The van der Waals surface area contributed by atoms with Crippen LogP contribution in [0.15, 0.2) is 47.5 Å². The molecule has 7 heteroatoms. The molecule has 0 saturated heterocycles. The van der Waals surface area contributed by atoms with E-state index in [0.717, 1.165) is 5.56 Å². The van der Waals surface area contributed by atoms with Crippen LogP contribution in [0.1, 0.15) is 17.5 Å². The maximum atomic E-state index is 11.8. The zero-order chi connectivity index (χ0) is 21.4. The molecule has 7 nitrogen and oxygen atoms in total. The van der Waals surface area contributed by atoms with Crippen molar-refractivity contribution in [3.63, 3.8) is 0 Å². The smallest absolute Gasteiger partial charge is 0.331 e. The Labute approximate surface area is 169 Å². The molecule has 0 fully saturated rings. The molecule has 0 heterocycles. The van der Waals surface area contributed by atoms with Gasteiger partial charge in [0.15, 0.2) is 23.0 Å². The average molecular weight is 402 g/mol. The molecule has 2 aromatic rings. The summed E-state index contributed by atoms with van der Waals surface area (Å²) < 4.78 is 15.6. The van der Waals surface area contributed by atoms with Crippen molar-refractivity contribution in [2.45, 2.75) is 19.3 Å². The van der Waals surface area contributed by atoms with Gasteiger partial charge >= 0.3 is 5.97 Å². The van der Waals surface area contributed by atoms with Crippen LogP contribution in [-0.4, -0.2) is 49.2 Å². The summed E-state index contributed by atoms with van der Waals surface area (Å²) in [6, 6.07) is 10.2. The van der Waals surface area contributed by atoms with Gasteiger partial charge in [-0.15, -0.1) is 0 Å². The summed E-state index contributed by atoms with van der Waals surface area (Å²) in [5, 5.41) is 29.2. The Balaban J connectivity index is 2.25. The molecule has 0 aliphatic carbocycles. The number of rotatable bonds is 10. The fourth-order valence-electron chi connectivity index (χ4n) is 3.04. The molecule has 0 radical (unpaired) electrons. The largest absolute Gasteiger partial charge is 0.504 e. The maximum absolute atomic E-state index is 11.8. The summed E-state index contributed by atoms with van der Waals surface area (Å²) >= 11 is 0. The molecule has 0 aliphatic rings. The molecule has 156 valence electrons. The molecule has 0 atom stereocenters. The molecular weight excluding hydrogens is 376 g/mol. The van der Waals surface area contributed by atoms with Crippen LogP contribution in [0, 0.1) is 0 Å². The number of hydrogen-bond donors (Lipinski definition) is 3. The number of aliphatic carboxylic acids is 1. The molecule has 2 aromatic carbocycles. The number of phenols is 1. The first-order valence-corrected chi connectivity index (χ1v) is 9.05. The highest BCUT2D eigenvalue weighted by Gasteiger charge is 2.16. The van der Waals surface area contributed by atoms with Gasteiger partial charge in [-0.2, -0.15) is 0 Å². The van der Waals surface area contributed by atoms with Crippen molar-refractivity contribution in [2.24, 2.45) is 0 Å². The third kappa shape index (κ3) is 5.65. The zero-order valence-corrected chi connectivity index (χ0v) is 16.8. The van der Waals surface area contributed by atoms with Crippen molar-refractivity contribution in [2.75, 3.05) is 27.9 Å². The molecular formula is C22H26O7. The predicted molar refractivity (Wildman–Crippen MR) is 108 cm³/mol. The highest BCUT2D eigenvalue weighted by atomic mass is 16.5. The molecule has 0 saturated carbocycles. The van der Waals surface area contributed by atoms with E-state index in [1.807, 2.05) is 12.1 Å². The van der Waals surface area contributed by atoms with Gasteiger partial charge in [-0.1, -0.05) is 12.1 Å². The Morgan fingerprint density at radius 1 is 0.897 bits per heavy atom. The van der Waals surface area contributed by atoms with Crippen LogP contribution in [0.5, 0.6) is 23.0 Å². The summed E-state index contributed by atoms with van der Waals surface area (Å²) in [6.45, 7) is -0.357. The summed E-state index contributed by atoms with van der Waals surface area (Å²) in [6.07, 6.45) is 1.02. The Hall–Kier alpha value is -3.19. The van der Waals surface area contributed by atoms with Crippen LogP contribution >= 0.6 is 0 Å². The molecule has 0 spiro atoms. The van der Waals surface area contributed by atoms with Crippen LogP contribution < -0.4 is 14.2 Å². The van der Waals surface area contributed by atoms with Crippen molar-refractivity contribution in [3.05, 3.63) is 58.7 Å². The van der Waals surface area contributed by atoms with Gasteiger partial charge < -0.3 is 29.5 Å². The molecule has 0 amide bonds. The Kier molecular flexibility index (Phi) is 7.91. The lowest BCUT2D eigenvalue weighted by molar-refractivity contribution is -0.132. The fourth-order valence-corrected chi connectivity index (χ4v) is 3.04. The van der Waals surface area contributed by atoms with Gasteiger partial charge in [0.2, 0.25) is 0 Å². The molecule has 0 aromatic heterocycles. The molecule has 0 aliphatic heterocycles. The highest BCUT2D eigenvalue weighted by Crippen LogP contribution is 2.30. The SMILES string of the molecule is COc1cc(C/C(C(=O)O)=C(\CO)CCc2ccc(OC)c(OC)c2)ccc1O. The number of aromatic hydroxyl groups is 1. The zero-order valence-electron chi connectivity index (χ0n) is 16.8. The van der Waals surface area contributed by atoms with E-state index in [-0.39, 0.29) is 30.1 Å². The lowest BCUT2D eigenvalue weighted by atomic mass is 9.95. The molecule has 29 heavy (non-hydrogen) atoms. The number of aliphatic hydroxyl groups is 1. The number of benzene rings is 2. The Morgan fingerprint density at radius 3 is 2.10 bits per heavy atom. The van der Waals surface area contributed by atoms with E-state index in [0.29, 0.717) is 35.5 Å². The first kappa shape index (κ1) is 22.1. The second kappa shape index (κ2) is 10.4. The standard InChI is InChI=1S/C22H26O7/c1-27-19-9-6-14(11-21(19)29-3)4-7-16(13-23)17(22(25)26)10-15-5-8-18(24)20(12-15)28-2/h5-6,8-9,11-12,23-24H,4,7,10,13H2,1-3H3,(H,25,26)/b17-16+. The van der Waals surface area contributed by atoms with Gasteiger partial charge in [0.25, 0.3) is 0 Å². The monoisotopic (exact) mass is 402 g/mol. The highest BCUT2D eigenvalue weighted by molar-refractivity contribution is 5.88. The van der Waals surface area contributed by atoms with Crippen molar-refractivity contribution >= 4 is 5.97 Å². The van der Waals surface area contributed by atoms with Crippen molar-refractivity contribution in [1.82, 2.24) is 0 Å². The van der Waals surface area contributed by atoms with E-state index in [1.165, 1.54) is 13.2 Å². The van der Waals surface area contributed by atoms with E-state index in [9.17, 15) is 20.1 Å². The Bertz CT molecular complexity index is 887. The van der Waals surface area contributed by atoms with Crippen molar-refractivity contribution in [3.8, 4) is 23.0 Å². The minimum atomic E-state index is -1.09. The van der Waals surface area contributed by atoms with E-state index < -0.39 is 5.97 Å². The third-order valence-electron chi connectivity index (χ3n) is 4.66. The number of phenolic OH excluding ortho intramolecular Hbond substituents is 1. The first-order valence-electron chi connectivity index (χ1n) is 9.05. The number of carboxylic acid groups (broad SMARTS) is 1. The van der Waals surface area contributed by atoms with Gasteiger partial charge in [-0.25, -0.2) is 4.79 Å². The quantitative estimate of drug-likeness (QED) is 0.525. The number of methoxy groups -OCH3 is 3. The maximum Gasteiger partial charge on any atom is 0.331 e. The number of aliphatic hydroxyl groups excluding tert-OH is 1. The van der Waals surface area contributed by atoms with Crippen molar-refractivity contribution < 1.29 is 34.3 Å². The number of carbonyl (C=O) groups is 1. The van der Waals surface area contributed by atoms with Gasteiger partial charge in [0.1, 0.15) is 0 Å². The second-order valence-electron chi connectivity index (χ2n) is 6.42. The molecule has 0 unspecified atom stereocenters. The third-order valence-corrected chi connectivity index (χ3v) is 4.66. The van der Waals surface area contributed by atoms with Crippen molar-refractivity contribution in [1.29, 1.82) is 0 Å². The van der Waals surface area contributed by atoms with Crippen LogP contribution in [0.2, 0.25) is 0 Å². The fraction of sp³-hybridized carbons (Fsp3) is 0.318. The van der Waals surface area contributed by atoms with Crippen LogP contribution in [0.4, 0.5) is 0 Å². The van der Waals surface area contributed by atoms with E-state index >= 15 is 0 Å². The molecule has 2 rings (SSSR count). The number of aryl methyl sites for hydroxylation is 1. The summed E-state index contributed by atoms with van der Waals surface area (Å²) in [7, 11) is 4.53. The van der Waals surface area contributed by atoms with E-state index in [4.69, 9.17) is 14.2 Å². The topological polar surface area (TPSA) is 105 Å². The lowest BCUT2D eigenvalue weighted by Gasteiger charge is -2.13. The van der Waals surface area contributed by atoms with Gasteiger partial charge in [-0.3, -0.25) is 0 Å². The second-order valence-corrected chi connectivity index (χ2v) is 6.42. The summed E-state index contributed by atoms with van der Waals surface area (Å²) in [5.41, 5.74) is 2.17. The predicted octanol–water partition coefficient (Wildman–Crippen LogP) is 2.97. The minimum Gasteiger partial charge on any atom is -0.504 e. The Morgan fingerprint density at radius 2 is 1.52 bits per heavy atom. The van der Waals surface area contributed by atoms with Crippen LogP contribution in [0.25, 0.3) is 0 Å². The van der Waals surface area contributed by atoms with Crippen LogP contribution in [-0.2, 0) is 17.6 Å². The number of carboxylic acids is 1. The lowest BCUT2D eigenvalue weighted by Crippen LogP contribution is -2.11. The van der Waals surface area contributed by atoms with E-state index in [2.05, 4.69) is 0 Å². The van der Waals surface area contributed by atoms with Gasteiger partial charge in [0.05, 0.1) is 27.9 Å². The summed E-state index contributed by atoms with van der Waals surface area (Å²) in [5.74, 6) is 0.361.